The van der Waals surface area contributed by atoms with Crippen LogP contribution in [0.25, 0.3) is 17.8 Å². The van der Waals surface area contributed by atoms with Crippen LogP contribution in [0.3, 0.4) is 0 Å². The number of rotatable bonds is 4. The standard InChI is InChI=1S/C19H16BrN3O5S/c1-4-26-18(25)16-10(3)21-19(29-16)23-17(24)12(9(2)22-23)5-11-6-14-15(7-13(11)20)28-8-27-14/h5-7,22H,2,4,8H2,1,3H3/b12-5+. The maximum atomic E-state index is 13.0. The molecule has 0 saturated heterocycles. The highest BCUT2D eigenvalue weighted by Crippen LogP contribution is 2.37. The van der Waals surface area contributed by atoms with E-state index in [9.17, 15) is 9.59 Å². The minimum absolute atomic E-state index is 0.162. The molecule has 0 amide bonds. The largest absolute Gasteiger partial charge is 0.462 e. The second-order valence-electron chi connectivity index (χ2n) is 6.15. The van der Waals surface area contributed by atoms with E-state index in [1.807, 2.05) is 0 Å². The fourth-order valence-electron chi connectivity index (χ4n) is 2.84. The van der Waals surface area contributed by atoms with Crippen LogP contribution >= 0.6 is 27.3 Å². The van der Waals surface area contributed by atoms with E-state index >= 15 is 0 Å². The molecule has 4 rings (SSSR count). The van der Waals surface area contributed by atoms with Crippen LogP contribution < -0.4 is 25.6 Å². The summed E-state index contributed by atoms with van der Waals surface area (Å²) in [4.78, 5) is 29.7. The van der Waals surface area contributed by atoms with Gasteiger partial charge in [0, 0.05) is 4.47 Å². The molecule has 1 aliphatic rings. The number of hydrogen-bond donors (Lipinski definition) is 1. The molecule has 0 fully saturated rings. The number of ether oxygens (including phenoxy) is 3. The average Bonchev–Trinajstić information content (AvgIpc) is 3.35. The number of halogens is 1. The summed E-state index contributed by atoms with van der Waals surface area (Å²) in [6.45, 7) is 7.78. The Morgan fingerprint density at radius 2 is 2.17 bits per heavy atom. The zero-order valence-corrected chi connectivity index (χ0v) is 18.0. The summed E-state index contributed by atoms with van der Waals surface area (Å²) in [6.07, 6.45) is 1.70. The Kier molecular flexibility index (Phi) is 5.05. The molecule has 29 heavy (non-hydrogen) atoms. The summed E-state index contributed by atoms with van der Waals surface area (Å²) in [6, 6.07) is 3.58. The van der Waals surface area contributed by atoms with Crippen molar-refractivity contribution in [2.24, 2.45) is 0 Å². The maximum absolute atomic E-state index is 13.0. The van der Waals surface area contributed by atoms with Gasteiger partial charge in [0.1, 0.15) is 4.88 Å². The van der Waals surface area contributed by atoms with Gasteiger partial charge >= 0.3 is 5.97 Å². The summed E-state index contributed by atoms with van der Waals surface area (Å²) >= 11 is 4.56. The summed E-state index contributed by atoms with van der Waals surface area (Å²) in [5, 5.41) is 4.05. The number of nitrogens with one attached hydrogen (secondary N) is 1. The number of aromatic nitrogens is 3. The minimum atomic E-state index is -0.459. The van der Waals surface area contributed by atoms with Crippen molar-refractivity contribution in [3.63, 3.8) is 0 Å². The van der Waals surface area contributed by atoms with Gasteiger partial charge in [0.15, 0.2) is 11.5 Å². The van der Waals surface area contributed by atoms with E-state index in [4.69, 9.17) is 14.2 Å². The van der Waals surface area contributed by atoms with Gasteiger partial charge in [-0.1, -0.05) is 33.8 Å². The molecule has 3 aromatic rings. The molecule has 0 unspecified atom stereocenters. The predicted molar refractivity (Wildman–Crippen MR) is 111 cm³/mol. The van der Waals surface area contributed by atoms with Crippen molar-refractivity contribution in [3.05, 3.63) is 53.7 Å². The number of aromatic amines is 1. The van der Waals surface area contributed by atoms with Crippen LogP contribution in [0.1, 0.15) is 27.9 Å². The lowest BCUT2D eigenvalue weighted by Gasteiger charge is -2.01. The van der Waals surface area contributed by atoms with E-state index in [-0.39, 0.29) is 19.0 Å². The molecule has 3 heterocycles. The van der Waals surface area contributed by atoms with Crippen LogP contribution in [0.5, 0.6) is 11.5 Å². The van der Waals surface area contributed by atoms with Crippen molar-refractivity contribution in [1.29, 1.82) is 0 Å². The monoisotopic (exact) mass is 477 g/mol. The molecule has 0 bridgehead atoms. The topological polar surface area (TPSA) is 95.4 Å². The van der Waals surface area contributed by atoms with Gasteiger partial charge in [0.2, 0.25) is 11.9 Å². The third kappa shape index (κ3) is 3.49. The number of fused-ring (bicyclic) bond motifs is 1. The summed E-state index contributed by atoms with van der Waals surface area (Å²) < 4.78 is 17.8. The van der Waals surface area contributed by atoms with E-state index < -0.39 is 5.97 Å². The molecular formula is C19H16BrN3O5S. The second-order valence-corrected chi connectivity index (χ2v) is 7.98. The third-order valence-electron chi connectivity index (χ3n) is 4.23. The first kappa shape index (κ1) is 19.5. The Balaban J connectivity index is 1.80. The third-order valence-corrected chi connectivity index (χ3v) is 6.04. The van der Waals surface area contributed by atoms with Crippen molar-refractivity contribution in [2.45, 2.75) is 13.8 Å². The summed E-state index contributed by atoms with van der Waals surface area (Å²) in [5.74, 6) is 0.787. The Bertz CT molecular complexity index is 1290. The van der Waals surface area contributed by atoms with Crippen LogP contribution in [-0.2, 0) is 4.74 Å². The molecule has 1 aliphatic heterocycles. The average molecular weight is 478 g/mol. The quantitative estimate of drug-likeness (QED) is 0.576. The van der Waals surface area contributed by atoms with Gasteiger partial charge in [-0.05, 0) is 37.6 Å². The summed E-state index contributed by atoms with van der Waals surface area (Å²) in [5.41, 5.74) is 0.910. The molecule has 8 nitrogen and oxygen atoms in total. The molecule has 150 valence electrons. The molecule has 2 aromatic heterocycles. The maximum Gasteiger partial charge on any atom is 0.350 e. The van der Waals surface area contributed by atoms with Crippen LogP contribution in [-0.4, -0.2) is 34.1 Å². The van der Waals surface area contributed by atoms with E-state index in [2.05, 4.69) is 32.6 Å². The first-order valence-electron chi connectivity index (χ1n) is 8.64. The highest BCUT2D eigenvalue weighted by atomic mass is 79.9. The number of carbonyl (C=O) groups excluding carboxylic acids is 1. The Morgan fingerprint density at radius 1 is 1.45 bits per heavy atom. The molecule has 0 aliphatic carbocycles. The highest BCUT2D eigenvalue weighted by Gasteiger charge is 2.19. The van der Waals surface area contributed by atoms with E-state index in [1.165, 1.54) is 4.68 Å². The zero-order chi connectivity index (χ0) is 20.7. The Hall–Kier alpha value is -2.85. The van der Waals surface area contributed by atoms with E-state index in [1.54, 1.807) is 32.1 Å². The van der Waals surface area contributed by atoms with Gasteiger partial charge in [0.05, 0.1) is 22.9 Å². The fourth-order valence-corrected chi connectivity index (χ4v) is 4.20. The predicted octanol–water partition coefficient (Wildman–Crippen LogP) is 1.84. The number of aryl methyl sites for hydroxylation is 1. The molecule has 0 spiro atoms. The summed E-state index contributed by atoms with van der Waals surface area (Å²) in [7, 11) is 0. The van der Waals surface area contributed by atoms with Crippen molar-refractivity contribution in [3.8, 4) is 16.6 Å². The molecule has 10 heteroatoms. The van der Waals surface area contributed by atoms with Crippen molar-refractivity contribution < 1.29 is 19.0 Å². The molecule has 1 N–H and O–H groups in total. The zero-order valence-electron chi connectivity index (χ0n) is 15.6. The first-order valence-corrected chi connectivity index (χ1v) is 10.3. The number of H-pyrrole nitrogens is 1. The second kappa shape index (κ2) is 7.53. The van der Waals surface area contributed by atoms with E-state index in [0.717, 1.165) is 21.4 Å². The normalized spacial score (nSPS) is 13.1. The molecule has 1 aromatic carbocycles. The SMILES string of the molecule is C=c1[nH]n(-c2nc(C)c(C(=O)OCC)s2)c(=O)/c1=C/c1cc2c(cc1Br)OCO2. The number of carbonyl (C=O) groups is 1. The van der Waals surface area contributed by atoms with Gasteiger partial charge in [-0.3, -0.25) is 9.89 Å². The number of thiazole rings is 1. The lowest BCUT2D eigenvalue weighted by molar-refractivity contribution is 0.0531. The lowest BCUT2D eigenvalue weighted by Crippen LogP contribution is -2.34. The van der Waals surface area contributed by atoms with Crippen LogP contribution in [0, 0.1) is 6.92 Å². The number of benzene rings is 1. The smallest absolute Gasteiger partial charge is 0.350 e. The molecule has 0 saturated carbocycles. The number of hydrogen-bond acceptors (Lipinski definition) is 7. The van der Waals surface area contributed by atoms with Crippen molar-refractivity contribution >= 4 is 45.9 Å². The fraction of sp³-hybridized carbons (Fsp3) is 0.211. The minimum Gasteiger partial charge on any atom is -0.462 e. The molecular weight excluding hydrogens is 462 g/mol. The highest BCUT2D eigenvalue weighted by molar-refractivity contribution is 9.10. The van der Waals surface area contributed by atoms with Crippen LogP contribution in [0.4, 0.5) is 0 Å². The Morgan fingerprint density at radius 3 is 2.90 bits per heavy atom. The van der Waals surface area contributed by atoms with Gasteiger partial charge < -0.3 is 14.2 Å². The number of nitrogens with zero attached hydrogens (tertiary/aromatic N) is 2. The molecule has 0 radical (unpaired) electrons. The molecule has 0 atom stereocenters. The van der Waals surface area contributed by atoms with Gasteiger partial charge in [0.25, 0.3) is 5.56 Å². The van der Waals surface area contributed by atoms with Crippen molar-refractivity contribution in [1.82, 2.24) is 14.8 Å². The van der Waals surface area contributed by atoms with Crippen molar-refractivity contribution in [2.75, 3.05) is 13.4 Å². The number of esters is 1. The first-order chi connectivity index (χ1) is 13.9. The van der Waals surface area contributed by atoms with E-state index in [0.29, 0.717) is 37.8 Å². The Labute approximate surface area is 177 Å². The van der Waals surface area contributed by atoms with Gasteiger partial charge in [-0.25, -0.2) is 9.78 Å². The van der Waals surface area contributed by atoms with Gasteiger partial charge in [-0.2, -0.15) is 4.68 Å². The van der Waals surface area contributed by atoms with Crippen LogP contribution in [0.15, 0.2) is 21.4 Å². The van der Waals surface area contributed by atoms with Crippen LogP contribution in [0.2, 0.25) is 0 Å². The van der Waals surface area contributed by atoms with Gasteiger partial charge in [-0.15, -0.1) is 0 Å². The lowest BCUT2D eigenvalue weighted by atomic mass is 10.1.